The zero-order valence-electron chi connectivity index (χ0n) is 11.4. The first kappa shape index (κ1) is 14.2. The van der Waals surface area contributed by atoms with Crippen LogP contribution in [0, 0.1) is 11.8 Å². The molecule has 0 N–H and O–H groups in total. The van der Waals surface area contributed by atoms with Crippen LogP contribution in [0.5, 0.6) is 0 Å². The summed E-state index contributed by atoms with van der Waals surface area (Å²) in [6, 6.07) is 0. The van der Waals surface area contributed by atoms with Gasteiger partial charge in [0.25, 0.3) is 0 Å². The van der Waals surface area contributed by atoms with Crippen molar-refractivity contribution in [1.29, 1.82) is 0 Å². The van der Waals surface area contributed by atoms with Crippen molar-refractivity contribution in [2.75, 3.05) is 0 Å². The third-order valence-corrected chi connectivity index (χ3v) is 4.82. The van der Waals surface area contributed by atoms with Gasteiger partial charge >= 0.3 is 0 Å². The van der Waals surface area contributed by atoms with Gasteiger partial charge in [-0.3, -0.25) is 0 Å². The summed E-state index contributed by atoms with van der Waals surface area (Å²) in [4.78, 5) is 29.3. The molecule has 2 saturated carbocycles. The number of hydrogen-bond acceptors (Lipinski definition) is 4. The van der Waals surface area contributed by atoms with E-state index in [1.54, 1.807) is 12.2 Å². The Morgan fingerprint density at radius 2 is 1.53 bits per heavy atom. The number of aliphatic imine (C=N–C) groups is 2. The maximum atomic E-state index is 10.7. The second-order valence-electron chi connectivity index (χ2n) is 5.97. The fourth-order valence-corrected chi connectivity index (χ4v) is 3.82. The first-order valence-electron chi connectivity index (χ1n) is 7.49. The summed E-state index contributed by atoms with van der Waals surface area (Å²) in [5.74, 6) is 0.923. The molecule has 19 heavy (non-hydrogen) atoms. The Labute approximate surface area is 114 Å². The zero-order chi connectivity index (χ0) is 13.6. The Bertz CT molecular complexity index is 371. The van der Waals surface area contributed by atoms with Crippen LogP contribution in [0.3, 0.4) is 0 Å². The summed E-state index contributed by atoms with van der Waals surface area (Å²) >= 11 is 0. The molecule has 0 bridgehead atoms. The summed E-state index contributed by atoms with van der Waals surface area (Å²) in [7, 11) is 0. The van der Waals surface area contributed by atoms with Crippen molar-refractivity contribution < 1.29 is 9.59 Å². The number of rotatable bonds is 4. The third kappa shape index (κ3) is 3.40. The van der Waals surface area contributed by atoms with E-state index in [0.29, 0.717) is 12.3 Å². The van der Waals surface area contributed by atoms with E-state index in [1.807, 2.05) is 0 Å². The van der Waals surface area contributed by atoms with Gasteiger partial charge in [0.2, 0.25) is 12.2 Å². The van der Waals surface area contributed by atoms with Gasteiger partial charge in [0.05, 0.1) is 0 Å². The zero-order valence-corrected chi connectivity index (χ0v) is 11.4. The molecule has 0 aliphatic heterocycles. The molecule has 0 radical (unpaired) electrons. The third-order valence-electron chi connectivity index (χ3n) is 4.82. The van der Waals surface area contributed by atoms with Crippen molar-refractivity contribution in [3.8, 4) is 0 Å². The van der Waals surface area contributed by atoms with Crippen molar-refractivity contribution in [2.45, 2.75) is 69.9 Å². The summed E-state index contributed by atoms with van der Waals surface area (Å²) in [6.45, 7) is 0. The van der Waals surface area contributed by atoms with Gasteiger partial charge in [0.15, 0.2) is 5.66 Å². The number of isocyanates is 2. The standard InChI is InChI=1S/C15H22N2O2/c18-11-16-15(17-12-19)9-5-4-8-14(15)10-13-6-2-1-3-7-13/h13-14H,1-10H2. The molecule has 2 aliphatic carbocycles. The van der Waals surface area contributed by atoms with E-state index in [-0.39, 0.29) is 5.92 Å². The van der Waals surface area contributed by atoms with Crippen LogP contribution >= 0.6 is 0 Å². The lowest BCUT2D eigenvalue weighted by atomic mass is 9.72. The number of nitrogens with zero attached hydrogens (tertiary/aromatic N) is 2. The van der Waals surface area contributed by atoms with Gasteiger partial charge in [-0.2, -0.15) is 9.98 Å². The van der Waals surface area contributed by atoms with Crippen LogP contribution in [-0.2, 0) is 9.59 Å². The fraction of sp³-hybridized carbons (Fsp3) is 0.867. The average molecular weight is 262 g/mol. The summed E-state index contributed by atoms with van der Waals surface area (Å²) in [5, 5.41) is 0. The highest BCUT2D eigenvalue weighted by Gasteiger charge is 2.42. The van der Waals surface area contributed by atoms with Crippen LogP contribution in [0.15, 0.2) is 9.98 Å². The fourth-order valence-electron chi connectivity index (χ4n) is 3.82. The molecule has 1 unspecified atom stereocenters. The van der Waals surface area contributed by atoms with Crippen LogP contribution in [0.1, 0.15) is 64.2 Å². The lowest BCUT2D eigenvalue weighted by Crippen LogP contribution is -2.38. The molecule has 2 fully saturated rings. The largest absolute Gasteiger partial charge is 0.237 e. The first-order chi connectivity index (χ1) is 9.30. The van der Waals surface area contributed by atoms with Gasteiger partial charge in [0.1, 0.15) is 0 Å². The molecule has 0 saturated heterocycles. The minimum Gasteiger partial charge on any atom is -0.211 e. The molecular weight excluding hydrogens is 240 g/mol. The van der Waals surface area contributed by atoms with Gasteiger partial charge in [-0.25, -0.2) is 9.59 Å². The second-order valence-corrected chi connectivity index (χ2v) is 5.97. The molecule has 0 aromatic heterocycles. The Morgan fingerprint density at radius 1 is 0.895 bits per heavy atom. The van der Waals surface area contributed by atoms with Crippen molar-refractivity contribution in [2.24, 2.45) is 21.8 Å². The van der Waals surface area contributed by atoms with E-state index < -0.39 is 5.66 Å². The van der Waals surface area contributed by atoms with Gasteiger partial charge in [-0.1, -0.05) is 38.5 Å². The van der Waals surface area contributed by atoms with Gasteiger partial charge < -0.3 is 0 Å². The van der Waals surface area contributed by atoms with Crippen molar-refractivity contribution in [3.05, 3.63) is 0 Å². The predicted octanol–water partition coefficient (Wildman–Crippen LogP) is 3.51. The molecule has 0 aromatic rings. The minimum absolute atomic E-state index is 0.215. The lowest BCUT2D eigenvalue weighted by molar-refractivity contribution is 0.152. The monoisotopic (exact) mass is 262 g/mol. The number of hydrogen-bond donors (Lipinski definition) is 0. The number of carbonyl (C=O) groups excluding carboxylic acids is 2. The maximum absolute atomic E-state index is 10.7. The first-order valence-corrected chi connectivity index (χ1v) is 7.49. The lowest BCUT2D eigenvalue weighted by Gasteiger charge is -2.38. The van der Waals surface area contributed by atoms with Gasteiger partial charge in [0, 0.05) is 5.92 Å². The molecule has 0 heterocycles. The van der Waals surface area contributed by atoms with E-state index in [0.717, 1.165) is 25.7 Å². The minimum atomic E-state index is -0.848. The molecule has 0 spiro atoms. The van der Waals surface area contributed by atoms with E-state index in [4.69, 9.17) is 0 Å². The highest BCUT2D eigenvalue weighted by atomic mass is 16.1. The van der Waals surface area contributed by atoms with Crippen molar-refractivity contribution in [3.63, 3.8) is 0 Å². The Morgan fingerprint density at radius 3 is 2.16 bits per heavy atom. The molecule has 2 aliphatic rings. The molecule has 4 nitrogen and oxygen atoms in total. The summed E-state index contributed by atoms with van der Waals surface area (Å²) < 4.78 is 0. The molecular formula is C15H22N2O2. The van der Waals surface area contributed by atoms with Crippen molar-refractivity contribution in [1.82, 2.24) is 0 Å². The van der Waals surface area contributed by atoms with E-state index in [2.05, 4.69) is 9.98 Å². The molecule has 1 atom stereocenters. The van der Waals surface area contributed by atoms with E-state index in [9.17, 15) is 9.59 Å². The van der Waals surface area contributed by atoms with Gasteiger partial charge in [-0.05, 0) is 31.6 Å². The average Bonchev–Trinajstić information content (AvgIpc) is 2.43. The van der Waals surface area contributed by atoms with E-state index in [1.165, 1.54) is 32.1 Å². The molecule has 0 amide bonds. The molecule has 0 aromatic carbocycles. The topological polar surface area (TPSA) is 58.9 Å². The predicted molar refractivity (Wildman–Crippen MR) is 72.1 cm³/mol. The van der Waals surface area contributed by atoms with Crippen molar-refractivity contribution >= 4 is 12.2 Å². The van der Waals surface area contributed by atoms with Crippen LogP contribution in [-0.4, -0.2) is 17.8 Å². The summed E-state index contributed by atoms with van der Waals surface area (Å²) in [6.07, 6.45) is 14.6. The molecule has 104 valence electrons. The van der Waals surface area contributed by atoms with Gasteiger partial charge in [-0.15, -0.1) is 0 Å². The molecule has 4 heteroatoms. The summed E-state index contributed by atoms with van der Waals surface area (Å²) in [5.41, 5.74) is -0.848. The molecule has 2 rings (SSSR count). The van der Waals surface area contributed by atoms with Crippen LogP contribution < -0.4 is 0 Å². The highest BCUT2D eigenvalue weighted by molar-refractivity contribution is 5.39. The quantitative estimate of drug-likeness (QED) is 0.575. The Kier molecular flexibility index (Phi) is 5.07. The highest BCUT2D eigenvalue weighted by Crippen LogP contribution is 2.43. The van der Waals surface area contributed by atoms with Crippen LogP contribution in [0.2, 0.25) is 0 Å². The van der Waals surface area contributed by atoms with Crippen LogP contribution in [0.25, 0.3) is 0 Å². The Balaban J connectivity index is 2.13. The smallest absolute Gasteiger partial charge is 0.211 e. The normalized spacial score (nSPS) is 32.1. The second kappa shape index (κ2) is 6.79. The van der Waals surface area contributed by atoms with Crippen LogP contribution in [0.4, 0.5) is 0 Å². The Hall–Kier alpha value is -1.24. The SMILES string of the molecule is O=C=NC1(N=C=O)CCCCC1CC1CCCCC1. The van der Waals surface area contributed by atoms with E-state index >= 15 is 0 Å². The maximum Gasteiger partial charge on any atom is 0.237 e.